The first-order valence-electron chi connectivity index (χ1n) is 6.90. The van der Waals surface area contributed by atoms with Crippen LogP contribution in [0.2, 0.25) is 0 Å². The molecule has 112 valence electrons. The average Bonchev–Trinajstić information content (AvgIpc) is 2.84. The third-order valence-electron chi connectivity index (χ3n) is 3.49. The van der Waals surface area contributed by atoms with Crippen molar-refractivity contribution in [3.63, 3.8) is 0 Å². The topological polar surface area (TPSA) is 35.6 Å². The van der Waals surface area contributed by atoms with Gasteiger partial charge in [-0.15, -0.1) is 12.4 Å². The quantitative estimate of drug-likeness (QED) is 0.904. The van der Waals surface area contributed by atoms with Crippen LogP contribution in [0, 0.1) is 0 Å². The Hall–Kier alpha value is -1.26. The van der Waals surface area contributed by atoms with Gasteiger partial charge >= 0.3 is 0 Å². The summed E-state index contributed by atoms with van der Waals surface area (Å²) in [5.41, 5.74) is 0.999. The second-order valence-electron chi connectivity index (χ2n) is 5.37. The van der Waals surface area contributed by atoms with Gasteiger partial charge < -0.3 is 15.1 Å². The van der Waals surface area contributed by atoms with Gasteiger partial charge in [0.25, 0.3) is 0 Å². The maximum Gasteiger partial charge on any atom is 0.242 e. The molecule has 0 aliphatic carbocycles. The van der Waals surface area contributed by atoms with Crippen LogP contribution >= 0.6 is 12.4 Å². The number of para-hydroxylation sites is 1. The lowest BCUT2D eigenvalue weighted by molar-refractivity contribution is -0.130. The van der Waals surface area contributed by atoms with Crippen molar-refractivity contribution in [3.05, 3.63) is 30.3 Å². The molecule has 1 aliphatic rings. The SMILES string of the molecule is CN(C)CC1CCCN1C(=O)CNc1ccccc1.Cl. The zero-order valence-electron chi connectivity index (χ0n) is 12.2. The molecule has 1 aromatic carbocycles. The fraction of sp³-hybridized carbons (Fsp3) is 0.533. The highest BCUT2D eigenvalue weighted by Crippen LogP contribution is 2.18. The molecule has 1 aromatic rings. The maximum absolute atomic E-state index is 12.3. The number of likely N-dealkylation sites (tertiary alicyclic amines) is 1. The van der Waals surface area contributed by atoms with Gasteiger partial charge in [-0.3, -0.25) is 4.79 Å². The van der Waals surface area contributed by atoms with Crippen LogP contribution in [0.25, 0.3) is 0 Å². The molecular weight excluding hydrogens is 274 g/mol. The number of hydrogen-bond acceptors (Lipinski definition) is 3. The Morgan fingerprint density at radius 2 is 2.05 bits per heavy atom. The van der Waals surface area contributed by atoms with E-state index in [0.717, 1.165) is 31.6 Å². The van der Waals surface area contributed by atoms with Gasteiger partial charge in [-0.05, 0) is 39.1 Å². The lowest BCUT2D eigenvalue weighted by atomic mass is 10.2. The summed E-state index contributed by atoms with van der Waals surface area (Å²) < 4.78 is 0. The minimum atomic E-state index is 0. The first kappa shape index (κ1) is 16.8. The number of halogens is 1. The van der Waals surface area contributed by atoms with Crippen molar-refractivity contribution in [2.45, 2.75) is 18.9 Å². The van der Waals surface area contributed by atoms with Gasteiger partial charge in [0.2, 0.25) is 5.91 Å². The predicted octanol–water partition coefficient (Wildman–Crippen LogP) is 2.07. The van der Waals surface area contributed by atoms with E-state index in [4.69, 9.17) is 0 Å². The normalized spacial score (nSPS) is 17.9. The van der Waals surface area contributed by atoms with E-state index >= 15 is 0 Å². The summed E-state index contributed by atoms with van der Waals surface area (Å²) in [5, 5.41) is 3.19. The number of benzene rings is 1. The van der Waals surface area contributed by atoms with Gasteiger partial charge in [0.05, 0.1) is 6.54 Å². The van der Waals surface area contributed by atoms with Gasteiger partial charge in [0.15, 0.2) is 0 Å². The van der Waals surface area contributed by atoms with E-state index in [-0.39, 0.29) is 18.3 Å². The monoisotopic (exact) mass is 297 g/mol. The van der Waals surface area contributed by atoms with Crippen LogP contribution in [0.3, 0.4) is 0 Å². The standard InChI is InChI=1S/C15H23N3O.ClH/c1-17(2)12-14-9-6-10-18(14)15(19)11-16-13-7-4-3-5-8-13;/h3-5,7-8,14,16H,6,9-12H2,1-2H3;1H. The van der Waals surface area contributed by atoms with Crippen molar-refractivity contribution >= 4 is 24.0 Å². The van der Waals surface area contributed by atoms with Gasteiger partial charge in [0.1, 0.15) is 0 Å². The number of likely N-dealkylation sites (N-methyl/N-ethyl adjacent to an activating group) is 1. The van der Waals surface area contributed by atoms with Crippen LogP contribution in [0.4, 0.5) is 5.69 Å². The first-order valence-corrected chi connectivity index (χ1v) is 6.90. The Labute approximate surface area is 127 Å². The molecule has 0 bridgehead atoms. The van der Waals surface area contributed by atoms with Gasteiger partial charge in [-0.25, -0.2) is 0 Å². The van der Waals surface area contributed by atoms with E-state index in [1.807, 2.05) is 35.2 Å². The van der Waals surface area contributed by atoms with E-state index in [0.29, 0.717) is 12.6 Å². The third kappa shape index (κ3) is 4.69. The molecule has 1 saturated heterocycles. The van der Waals surface area contributed by atoms with Gasteiger partial charge in [-0.2, -0.15) is 0 Å². The van der Waals surface area contributed by atoms with Crippen LogP contribution in [-0.2, 0) is 4.79 Å². The molecule has 1 aliphatic heterocycles. The lowest BCUT2D eigenvalue weighted by Crippen LogP contribution is -2.43. The summed E-state index contributed by atoms with van der Waals surface area (Å²) in [4.78, 5) is 16.4. The fourth-order valence-electron chi connectivity index (χ4n) is 2.61. The van der Waals surface area contributed by atoms with Crippen molar-refractivity contribution in [2.24, 2.45) is 0 Å². The van der Waals surface area contributed by atoms with Crippen molar-refractivity contribution in [1.82, 2.24) is 9.80 Å². The zero-order valence-corrected chi connectivity index (χ0v) is 13.0. The van der Waals surface area contributed by atoms with E-state index in [2.05, 4.69) is 24.3 Å². The molecule has 4 nitrogen and oxygen atoms in total. The molecule has 1 amide bonds. The van der Waals surface area contributed by atoms with Crippen molar-refractivity contribution < 1.29 is 4.79 Å². The third-order valence-corrected chi connectivity index (χ3v) is 3.49. The number of hydrogen-bond donors (Lipinski definition) is 1. The summed E-state index contributed by atoms with van der Waals surface area (Å²) in [7, 11) is 4.12. The number of anilines is 1. The number of carbonyl (C=O) groups is 1. The largest absolute Gasteiger partial charge is 0.376 e. The second-order valence-corrected chi connectivity index (χ2v) is 5.37. The molecule has 0 aromatic heterocycles. The molecular formula is C15H24ClN3O. The summed E-state index contributed by atoms with van der Waals surface area (Å²) in [5.74, 6) is 0.202. The number of nitrogens with zero attached hydrogens (tertiary/aromatic N) is 2. The predicted molar refractivity (Wildman–Crippen MR) is 85.5 cm³/mol. The average molecular weight is 298 g/mol. The minimum Gasteiger partial charge on any atom is -0.376 e. The van der Waals surface area contributed by atoms with E-state index in [9.17, 15) is 4.79 Å². The number of rotatable bonds is 5. The van der Waals surface area contributed by atoms with Crippen molar-refractivity contribution in [3.8, 4) is 0 Å². The molecule has 1 atom stereocenters. The Morgan fingerprint density at radius 1 is 1.35 bits per heavy atom. The van der Waals surface area contributed by atoms with Gasteiger partial charge in [0, 0.05) is 24.8 Å². The fourth-order valence-corrected chi connectivity index (χ4v) is 2.61. The molecule has 1 unspecified atom stereocenters. The van der Waals surface area contributed by atoms with Crippen LogP contribution in [0.15, 0.2) is 30.3 Å². The molecule has 0 radical (unpaired) electrons. The van der Waals surface area contributed by atoms with Crippen LogP contribution in [0.5, 0.6) is 0 Å². The molecule has 1 heterocycles. The van der Waals surface area contributed by atoms with Crippen molar-refractivity contribution in [1.29, 1.82) is 0 Å². The molecule has 1 N–H and O–H groups in total. The van der Waals surface area contributed by atoms with Crippen LogP contribution in [-0.4, -0.2) is 55.5 Å². The summed E-state index contributed by atoms with van der Waals surface area (Å²) in [6, 6.07) is 10.2. The highest BCUT2D eigenvalue weighted by Gasteiger charge is 2.28. The number of nitrogens with one attached hydrogen (secondary N) is 1. The van der Waals surface area contributed by atoms with E-state index in [1.165, 1.54) is 0 Å². The van der Waals surface area contributed by atoms with Crippen molar-refractivity contribution in [2.75, 3.05) is 39.0 Å². The molecule has 0 saturated carbocycles. The minimum absolute atomic E-state index is 0. The van der Waals surface area contributed by atoms with Crippen LogP contribution in [0.1, 0.15) is 12.8 Å². The Kier molecular flexibility index (Phi) is 6.82. The van der Waals surface area contributed by atoms with E-state index < -0.39 is 0 Å². The highest BCUT2D eigenvalue weighted by atomic mass is 35.5. The van der Waals surface area contributed by atoms with Crippen LogP contribution < -0.4 is 5.32 Å². The molecule has 2 rings (SSSR count). The number of amides is 1. The molecule has 5 heteroatoms. The molecule has 1 fully saturated rings. The Morgan fingerprint density at radius 3 is 2.70 bits per heavy atom. The Balaban J connectivity index is 0.00000200. The van der Waals surface area contributed by atoms with Gasteiger partial charge in [-0.1, -0.05) is 18.2 Å². The Bertz CT molecular complexity index is 411. The highest BCUT2D eigenvalue weighted by molar-refractivity contribution is 5.85. The lowest BCUT2D eigenvalue weighted by Gasteiger charge is -2.27. The summed E-state index contributed by atoms with van der Waals surface area (Å²) in [6.07, 6.45) is 2.24. The summed E-state index contributed by atoms with van der Waals surface area (Å²) in [6.45, 7) is 2.23. The van der Waals surface area contributed by atoms with E-state index in [1.54, 1.807) is 0 Å². The molecule has 20 heavy (non-hydrogen) atoms. The maximum atomic E-state index is 12.3. The first-order chi connectivity index (χ1) is 9.16. The number of carbonyl (C=O) groups excluding carboxylic acids is 1. The summed E-state index contributed by atoms with van der Waals surface area (Å²) >= 11 is 0. The molecule has 0 spiro atoms. The zero-order chi connectivity index (χ0) is 13.7. The second kappa shape index (κ2) is 8.12. The smallest absolute Gasteiger partial charge is 0.242 e.